The van der Waals surface area contributed by atoms with E-state index in [1.807, 2.05) is 36.4 Å². The Morgan fingerprint density at radius 3 is 2.65 bits per heavy atom. The molecule has 1 heterocycles. The van der Waals surface area contributed by atoms with Crippen LogP contribution in [0, 0.1) is 6.92 Å². The predicted molar refractivity (Wildman–Crippen MR) is 79.7 cm³/mol. The number of anilines is 1. The molecule has 1 radical (unpaired) electrons. The first-order valence-corrected chi connectivity index (χ1v) is 6.43. The fraction of sp³-hybridized carbons (Fsp3) is 0.0588. The van der Waals surface area contributed by atoms with Gasteiger partial charge in [0.1, 0.15) is 5.58 Å². The average molecular weight is 264 g/mol. The van der Waals surface area contributed by atoms with E-state index in [1.54, 1.807) is 18.4 Å². The molecule has 99 valence electrons. The second-order valence-corrected chi connectivity index (χ2v) is 4.57. The molecule has 2 aromatic carbocycles. The topological polar surface area (TPSA) is 42.2 Å². The van der Waals surface area contributed by atoms with Crippen LogP contribution in [-0.2, 0) is 6.42 Å². The maximum Gasteiger partial charge on any atom is 0.255 e. The van der Waals surface area contributed by atoms with E-state index in [1.165, 1.54) is 0 Å². The molecule has 3 rings (SSSR count). The summed E-state index contributed by atoms with van der Waals surface area (Å²) < 4.78 is 5.26. The van der Waals surface area contributed by atoms with Crippen molar-refractivity contribution in [1.29, 1.82) is 0 Å². The van der Waals surface area contributed by atoms with E-state index in [0.717, 1.165) is 28.6 Å². The van der Waals surface area contributed by atoms with Gasteiger partial charge in [0.15, 0.2) is 0 Å². The Balaban J connectivity index is 1.80. The number of hydrogen-bond donors (Lipinski definition) is 1. The van der Waals surface area contributed by atoms with Gasteiger partial charge >= 0.3 is 0 Å². The summed E-state index contributed by atoms with van der Waals surface area (Å²) >= 11 is 0. The van der Waals surface area contributed by atoms with Crippen LogP contribution < -0.4 is 5.32 Å². The van der Waals surface area contributed by atoms with E-state index in [0.29, 0.717) is 5.56 Å². The fourth-order valence-corrected chi connectivity index (χ4v) is 2.07. The van der Waals surface area contributed by atoms with Crippen molar-refractivity contribution in [2.75, 3.05) is 5.32 Å². The molecular formula is C17H14NO2. The number of carbonyl (C=O) groups excluding carboxylic acids is 1. The number of fused-ring (bicyclic) bond motifs is 1. The Bertz CT molecular complexity index is 741. The van der Waals surface area contributed by atoms with Crippen LogP contribution in [0.1, 0.15) is 15.9 Å². The van der Waals surface area contributed by atoms with Crippen LogP contribution in [-0.4, -0.2) is 5.91 Å². The van der Waals surface area contributed by atoms with Crippen LogP contribution >= 0.6 is 0 Å². The van der Waals surface area contributed by atoms with Crippen LogP contribution in [0.15, 0.2) is 59.2 Å². The molecule has 1 aromatic heterocycles. The second kappa shape index (κ2) is 5.21. The molecule has 3 heteroatoms. The first-order chi connectivity index (χ1) is 9.76. The lowest BCUT2D eigenvalue weighted by Gasteiger charge is -2.06. The van der Waals surface area contributed by atoms with Gasteiger partial charge < -0.3 is 9.73 Å². The van der Waals surface area contributed by atoms with Gasteiger partial charge in [0, 0.05) is 16.6 Å². The molecule has 20 heavy (non-hydrogen) atoms. The molecule has 0 aliphatic carbocycles. The minimum atomic E-state index is -0.129. The summed E-state index contributed by atoms with van der Waals surface area (Å²) in [5, 5.41) is 3.80. The monoisotopic (exact) mass is 264 g/mol. The molecule has 1 N–H and O–H groups in total. The van der Waals surface area contributed by atoms with Crippen molar-refractivity contribution in [2.45, 2.75) is 6.42 Å². The molecule has 3 aromatic rings. The Labute approximate surface area is 117 Å². The van der Waals surface area contributed by atoms with Gasteiger partial charge in [-0.3, -0.25) is 4.79 Å². The lowest BCUT2D eigenvalue weighted by Crippen LogP contribution is -2.11. The standard InChI is InChI=1S/C17H14NO2/c1-2-12-3-6-15(7-4-12)18-17(19)14-5-8-16-13(11-14)9-10-20-16/h3-11H,1-2H2,(H,18,19). The molecule has 0 fully saturated rings. The van der Waals surface area contributed by atoms with E-state index in [9.17, 15) is 4.79 Å². The van der Waals surface area contributed by atoms with Crippen LogP contribution in [0.5, 0.6) is 0 Å². The summed E-state index contributed by atoms with van der Waals surface area (Å²) in [5.74, 6) is -0.129. The van der Waals surface area contributed by atoms with Crippen LogP contribution in [0.2, 0.25) is 0 Å². The van der Waals surface area contributed by atoms with Crippen molar-refractivity contribution in [3.63, 3.8) is 0 Å². The minimum Gasteiger partial charge on any atom is -0.464 e. The molecule has 0 aliphatic heterocycles. The highest BCUT2D eigenvalue weighted by Gasteiger charge is 2.07. The zero-order valence-corrected chi connectivity index (χ0v) is 10.9. The third kappa shape index (κ3) is 2.43. The Morgan fingerprint density at radius 1 is 1.10 bits per heavy atom. The van der Waals surface area contributed by atoms with Gasteiger partial charge in [0.05, 0.1) is 6.26 Å². The van der Waals surface area contributed by atoms with Gasteiger partial charge in [0.2, 0.25) is 0 Å². The van der Waals surface area contributed by atoms with Crippen LogP contribution in [0.3, 0.4) is 0 Å². The smallest absolute Gasteiger partial charge is 0.255 e. The molecular weight excluding hydrogens is 250 g/mol. The molecule has 1 amide bonds. The quantitative estimate of drug-likeness (QED) is 0.775. The first kappa shape index (κ1) is 12.5. The zero-order valence-electron chi connectivity index (χ0n) is 10.9. The Morgan fingerprint density at radius 2 is 1.90 bits per heavy atom. The molecule has 0 spiro atoms. The van der Waals surface area contributed by atoms with E-state index in [4.69, 9.17) is 4.42 Å². The molecule has 0 aliphatic rings. The van der Waals surface area contributed by atoms with E-state index >= 15 is 0 Å². The van der Waals surface area contributed by atoms with Gasteiger partial charge in [-0.05, 0) is 55.3 Å². The van der Waals surface area contributed by atoms with Crippen molar-refractivity contribution in [3.05, 3.63) is 72.8 Å². The highest BCUT2D eigenvalue weighted by Crippen LogP contribution is 2.18. The summed E-state index contributed by atoms with van der Waals surface area (Å²) in [6.07, 6.45) is 2.36. The number of furan rings is 1. The molecule has 0 atom stereocenters. The summed E-state index contributed by atoms with van der Waals surface area (Å²) in [7, 11) is 0. The van der Waals surface area contributed by atoms with Gasteiger partial charge in [-0.2, -0.15) is 0 Å². The normalized spacial score (nSPS) is 10.7. The Hall–Kier alpha value is -2.55. The van der Waals surface area contributed by atoms with Gasteiger partial charge in [-0.1, -0.05) is 12.1 Å². The highest BCUT2D eigenvalue weighted by molar-refractivity contribution is 6.06. The van der Waals surface area contributed by atoms with E-state index < -0.39 is 0 Å². The molecule has 0 bridgehead atoms. The van der Waals surface area contributed by atoms with Crippen LogP contribution in [0.25, 0.3) is 11.0 Å². The average Bonchev–Trinajstić information content (AvgIpc) is 2.95. The predicted octanol–water partition coefficient (Wildman–Crippen LogP) is 4.06. The first-order valence-electron chi connectivity index (χ1n) is 6.43. The molecule has 0 saturated carbocycles. The number of nitrogens with one attached hydrogen (secondary N) is 1. The van der Waals surface area contributed by atoms with Crippen molar-refractivity contribution < 1.29 is 9.21 Å². The summed E-state index contributed by atoms with van der Waals surface area (Å²) in [6.45, 7) is 3.82. The number of carbonyl (C=O) groups is 1. The van der Waals surface area contributed by atoms with E-state index in [2.05, 4.69) is 12.2 Å². The fourth-order valence-electron chi connectivity index (χ4n) is 2.07. The van der Waals surface area contributed by atoms with Crippen molar-refractivity contribution in [1.82, 2.24) is 0 Å². The summed E-state index contributed by atoms with van der Waals surface area (Å²) in [6, 6.07) is 14.9. The third-order valence-electron chi connectivity index (χ3n) is 3.22. The molecule has 0 unspecified atom stereocenters. The number of benzene rings is 2. The van der Waals surface area contributed by atoms with Crippen LogP contribution in [0.4, 0.5) is 5.69 Å². The lowest BCUT2D eigenvalue weighted by molar-refractivity contribution is 0.102. The van der Waals surface area contributed by atoms with Gasteiger partial charge in [-0.25, -0.2) is 0 Å². The summed E-state index contributed by atoms with van der Waals surface area (Å²) in [5.41, 5.74) is 3.31. The van der Waals surface area contributed by atoms with Crippen molar-refractivity contribution >= 4 is 22.6 Å². The largest absolute Gasteiger partial charge is 0.464 e. The van der Waals surface area contributed by atoms with E-state index in [-0.39, 0.29) is 5.91 Å². The highest BCUT2D eigenvalue weighted by atomic mass is 16.3. The van der Waals surface area contributed by atoms with Gasteiger partial charge in [0.25, 0.3) is 5.91 Å². The Kier molecular flexibility index (Phi) is 3.25. The number of rotatable bonds is 3. The second-order valence-electron chi connectivity index (χ2n) is 4.57. The minimum absolute atomic E-state index is 0.129. The summed E-state index contributed by atoms with van der Waals surface area (Å²) in [4.78, 5) is 12.2. The molecule has 0 saturated heterocycles. The van der Waals surface area contributed by atoms with Crippen molar-refractivity contribution in [2.24, 2.45) is 0 Å². The van der Waals surface area contributed by atoms with Gasteiger partial charge in [-0.15, -0.1) is 0 Å². The van der Waals surface area contributed by atoms with Crippen molar-refractivity contribution in [3.8, 4) is 0 Å². The number of hydrogen-bond acceptors (Lipinski definition) is 2. The zero-order chi connectivity index (χ0) is 13.9. The molecule has 3 nitrogen and oxygen atoms in total. The third-order valence-corrected chi connectivity index (χ3v) is 3.22. The number of amides is 1. The maximum absolute atomic E-state index is 12.2. The lowest BCUT2D eigenvalue weighted by atomic mass is 10.1. The SMILES string of the molecule is [CH2]Cc1ccc(NC(=O)c2ccc3occc3c2)cc1. The maximum atomic E-state index is 12.2.